The lowest BCUT2D eigenvalue weighted by atomic mass is 10.0. The van der Waals surface area contributed by atoms with Gasteiger partial charge in [-0.1, -0.05) is 41.9 Å². The molecule has 1 aliphatic carbocycles. The number of benzene rings is 1. The molecule has 0 bridgehead atoms. The Balaban J connectivity index is 2.36. The number of rotatable bonds is 1. The lowest BCUT2D eigenvalue weighted by Crippen LogP contribution is -2.06. The van der Waals surface area contributed by atoms with Crippen molar-refractivity contribution in [1.29, 1.82) is 0 Å². The van der Waals surface area contributed by atoms with Gasteiger partial charge in [0.05, 0.1) is 0 Å². The van der Waals surface area contributed by atoms with E-state index in [1.54, 1.807) is 0 Å². The average Bonchev–Trinajstić information content (AvgIpc) is 2.54. The molecule has 76 valence electrons. The van der Waals surface area contributed by atoms with Gasteiger partial charge in [-0.3, -0.25) is 0 Å². The summed E-state index contributed by atoms with van der Waals surface area (Å²) in [5.41, 5.74) is 8.96. The fraction of sp³-hybridized carbons (Fsp3) is 0.500. The maximum absolute atomic E-state index is 6.06. The maximum atomic E-state index is 6.06. The molecule has 2 atom stereocenters. The minimum Gasteiger partial charge on any atom is -0.327 e. The summed E-state index contributed by atoms with van der Waals surface area (Å²) < 4.78 is 1.20. The van der Waals surface area contributed by atoms with Crippen LogP contribution in [-0.4, -0.2) is 6.04 Å². The van der Waals surface area contributed by atoms with Gasteiger partial charge in [0.1, 0.15) is 0 Å². The van der Waals surface area contributed by atoms with Crippen molar-refractivity contribution in [3.8, 4) is 0 Å². The zero-order chi connectivity index (χ0) is 10.5. The van der Waals surface area contributed by atoms with Gasteiger partial charge < -0.3 is 5.73 Å². The Hall–Kier alpha value is -0.340. The van der Waals surface area contributed by atoms with Crippen LogP contribution in [0.3, 0.4) is 0 Å². The topological polar surface area (TPSA) is 26.0 Å². The minimum absolute atomic E-state index is 0.262. The van der Waals surface area contributed by atoms with Gasteiger partial charge in [-0.2, -0.15) is 0 Å². The molecule has 1 fully saturated rings. The molecule has 0 saturated heterocycles. The second-order valence-electron chi connectivity index (χ2n) is 4.85. The lowest BCUT2D eigenvalue weighted by Gasteiger charge is -2.06. The number of nitrogens with two attached hydrogens (primary N) is 1. The summed E-state index contributed by atoms with van der Waals surface area (Å²) in [4.78, 5) is 0. The standard InChI is InChI=1S/C12H16BrN/c1-7-4-5-8(9(13)6-7)10-11(14)12(10,2)3/h4-6,10-11H,14H2,1-3H3. The van der Waals surface area contributed by atoms with E-state index in [9.17, 15) is 0 Å². The van der Waals surface area contributed by atoms with Crippen LogP contribution in [0.15, 0.2) is 22.7 Å². The third-order valence-corrected chi connectivity index (χ3v) is 4.09. The Bertz CT molecular complexity index is 371. The van der Waals surface area contributed by atoms with Gasteiger partial charge in [-0.15, -0.1) is 0 Å². The van der Waals surface area contributed by atoms with Crippen LogP contribution in [0.1, 0.15) is 30.9 Å². The molecule has 0 aliphatic heterocycles. The molecular formula is C12H16BrN. The smallest absolute Gasteiger partial charge is 0.0213 e. The molecule has 1 aliphatic rings. The van der Waals surface area contributed by atoms with Crippen LogP contribution >= 0.6 is 15.9 Å². The summed E-state index contributed by atoms with van der Waals surface area (Å²) in [7, 11) is 0. The Morgan fingerprint density at radius 2 is 1.93 bits per heavy atom. The molecular weight excluding hydrogens is 238 g/mol. The van der Waals surface area contributed by atoms with Gasteiger partial charge in [0.25, 0.3) is 0 Å². The fourth-order valence-corrected chi connectivity index (χ4v) is 2.90. The highest BCUT2D eigenvalue weighted by atomic mass is 79.9. The van der Waals surface area contributed by atoms with Crippen molar-refractivity contribution >= 4 is 15.9 Å². The first-order valence-corrected chi connectivity index (χ1v) is 5.75. The second kappa shape index (κ2) is 3.07. The number of aryl methyl sites for hydroxylation is 1. The zero-order valence-corrected chi connectivity index (χ0v) is 10.4. The Labute approximate surface area is 93.8 Å². The number of hydrogen-bond acceptors (Lipinski definition) is 1. The van der Waals surface area contributed by atoms with E-state index >= 15 is 0 Å². The van der Waals surface area contributed by atoms with E-state index in [1.165, 1.54) is 15.6 Å². The maximum Gasteiger partial charge on any atom is 0.0213 e. The molecule has 0 spiro atoms. The fourth-order valence-electron chi connectivity index (χ4n) is 2.16. The first-order valence-electron chi connectivity index (χ1n) is 4.96. The van der Waals surface area contributed by atoms with Crippen molar-refractivity contribution in [2.24, 2.45) is 11.1 Å². The highest BCUT2D eigenvalue weighted by Gasteiger charge is 2.56. The second-order valence-corrected chi connectivity index (χ2v) is 5.70. The highest BCUT2D eigenvalue weighted by Crippen LogP contribution is 2.58. The van der Waals surface area contributed by atoms with E-state index in [0.29, 0.717) is 12.0 Å². The average molecular weight is 254 g/mol. The van der Waals surface area contributed by atoms with E-state index in [0.717, 1.165) is 0 Å². The Morgan fingerprint density at radius 3 is 2.36 bits per heavy atom. The van der Waals surface area contributed by atoms with Gasteiger partial charge in [0, 0.05) is 16.4 Å². The molecule has 2 unspecified atom stereocenters. The molecule has 1 saturated carbocycles. The van der Waals surface area contributed by atoms with Crippen LogP contribution in [0.4, 0.5) is 0 Å². The minimum atomic E-state index is 0.262. The van der Waals surface area contributed by atoms with Crippen molar-refractivity contribution < 1.29 is 0 Å². The van der Waals surface area contributed by atoms with Crippen molar-refractivity contribution in [2.45, 2.75) is 32.7 Å². The van der Waals surface area contributed by atoms with Crippen LogP contribution < -0.4 is 5.73 Å². The van der Waals surface area contributed by atoms with E-state index in [-0.39, 0.29) is 5.41 Å². The molecule has 1 aromatic carbocycles. The predicted molar refractivity (Wildman–Crippen MR) is 63.4 cm³/mol. The third-order valence-electron chi connectivity index (χ3n) is 3.40. The van der Waals surface area contributed by atoms with Gasteiger partial charge in [0.2, 0.25) is 0 Å². The molecule has 14 heavy (non-hydrogen) atoms. The molecule has 1 nitrogen and oxygen atoms in total. The molecule has 2 rings (SSSR count). The van der Waals surface area contributed by atoms with Crippen LogP contribution in [0, 0.1) is 12.3 Å². The first-order chi connectivity index (χ1) is 6.44. The quantitative estimate of drug-likeness (QED) is 0.818. The summed E-state index contributed by atoms with van der Waals surface area (Å²) in [5.74, 6) is 0.512. The summed E-state index contributed by atoms with van der Waals surface area (Å²) in [6, 6.07) is 6.82. The molecule has 2 N–H and O–H groups in total. The summed E-state index contributed by atoms with van der Waals surface area (Å²) in [6.07, 6.45) is 0. The van der Waals surface area contributed by atoms with Gasteiger partial charge >= 0.3 is 0 Å². The number of hydrogen-bond donors (Lipinski definition) is 1. The molecule has 0 radical (unpaired) electrons. The first kappa shape index (κ1) is 10.2. The molecule has 0 aromatic heterocycles. The summed E-state index contributed by atoms with van der Waals surface area (Å²) in [6.45, 7) is 6.57. The summed E-state index contributed by atoms with van der Waals surface area (Å²) in [5, 5.41) is 0. The van der Waals surface area contributed by atoms with Gasteiger partial charge in [-0.25, -0.2) is 0 Å². The Morgan fingerprint density at radius 1 is 1.36 bits per heavy atom. The lowest BCUT2D eigenvalue weighted by molar-refractivity contribution is 0.598. The normalized spacial score (nSPS) is 28.9. The van der Waals surface area contributed by atoms with Crippen LogP contribution in [0.5, 0.6) is 0 Å². The van der Waals surface area contributed by atoms with E-state index < -0.39 is 0 Å². The van der Waals surface area contributed by atoms with E-state index in [4.69, 9.17) is 5.73 Å². The van der Waals surface area contributed by atoms with Crippen molar-refractivity contribution in [3.05, 3.63) is 33.8 Å². The van der Waals surface area contributed by atoms with Gasteiger partial charge in [-0.05, 0) is 29.5 Å². The summed E-state index contributed by atoms with van der Waals surface area (Å²) >= 11 is 3.61. The van der Waals surface area contributed by atoms with E-state index in [2.05, 4.69) is 54.9 Å². The zero-order valence-electron chi connectivity index (χ0n) is 8.84. The Kier molecular flexibility index (Phi) is 2.24. The van der Waals surface area contributed by atoms with Crippen molar-refractivity contribution in [3.63, 3.8) is 0 Å². The highest BCUT2D eigenvalue weighted by molar-refractivity contribution is 9.10. The molecule has 0 amide bonds. The van der Waals surface area contributed by atoms with Crippen molar-refractivity contribution in [1.82, 2.24) is 0 Å². The molecule has 1 aromatic rings. The molecule has 2 heteroatoms. The largest absolute Gasteiger partial charge is 0.327 e. The molecule has 0 heterocycles. The predicted octanol–water partition coefficient (Wildman–Crippen LogP) is 3.21. The van der Waals surface area contributed by atoms with Crippen LogP contribution in [0.25, 0.3) is 0 Å². The van der Waals surface area contributed by atoms with Crippen LogP contribution in [0.2, 0.25) is 0 Å². The third kappa shape index (κ3) is 1.41. The SMILES string of the molecule is Cc1ccc(C2C(N)C2(C)C)c(Br)c1. The van der Waals surface area contributed by atoms with E-state index in [1.807, 2.05) is 0 Å². The van der Waals surface area contributed by atoms with Crippen molar-refractivity contribution in [2.75, 3.05) is 0 Å². The van der Waals surface area contributed by atoms with Crippen LogP contribution in [-0.2, 0) is 0 Å². The van der Waals surface area contributed by atoms with Gasteiger partial charge in [0.15, 0.2) is 0 Å². The monoisotopic (exact) mass is 253 g/mol. The number of halogens is 1.